The first-order valence-corrected chi connectivity index (χ1v) is 15.4. The molecule has 1 fully saturated rings. The number of halogens is 4. The fourth-order valence-corrected chi connectivity index (χ4v) is 4.23. The first-order chi connectivity index (χ1) is 21.7. The molecule has 0 spiro atoms. The molecule has 46 heavy (non-hydrogen) atoms. The molecule has 1 aromatic carbocycles. The molecule has 5 nitrogen and oxygen atoms in total. The van der Waals surface area contributed by atoms with Crippen LogP contribution in [0.4, 0.5) is 17.6 Å². The molecule has 0 heterocycles. The first kappa shape index (κ1) is 44.3. The van der Waals surface area contributed by atoms with Crippen LogP contribution in [0, 0.1) is 5.92 Å². The molecular formula is C37H57F4N5. The van der Waals surface area contributed by atoms with Gasteiger partial charge in [-0.2, -0.15) is 0 Å². The van der Waals surface area contributed by atoms with Crippen molar-refractivity contribution in [1.82, 2.24) is 5.32 Å². The Morgan fingerprint density at radius 3 is 1.98 bits per heavy atom. The second-order valence-electron chi connectivity index (χ2n) is 10.5. The van der Waals surface area contributed by atoms with E-state index in [1.807, 2.05) is 59.0 Å². The van der Waals surface area contributed by atoms with Gasteiger partial charge in [0.1, 0.15) is 5.84 Å². The summed E-state index contributed by atoms with van der Waals surface area (Å²) in [5, 5.41) is 3.13. The van der Waals surface area contributed by atoms with Gasteiger partial charge in [0.15, 0.2) is 0 Å². The number of nitrogens with two attached hydrogens (primary N) is 3. The largest absolute Gasteiger partial charge is 0.405 e. The van der Waals surface area contributed by atoms with E-state index in [1.54, 1.807) is 19.3 Å². The summed E-state index contributed by atoms with van der Waals surface area (Å²) in [5.41, 5.74) is 23.3. The number of hydrogen-bond acceptors (Lipinski definition) is 4. The third kappa shape index (κ3) is 20.2. The highest BCUT2D eigenvalue weighted by molar-refractivity contribution is 6.03. The van der Waals surface area contributed by atoms with Gasteiger partial charge >= 0.3 is 0 Å². The van der Waals surface area contributed by atoms with Crippen molar-refractivity contribution in [2.75, 3.05) is 14.1 Å². The smallest absolute Gasteiger partial charge is 0.248 e. The summed E-state index contributed by atoms with van der Waals surface area (Å²) in [6.07, 6.45) is 13.4. The Kier molecular flexibility index (Phi) is 24.4. The van der Waals surface area contributed by atoms with Gasteiger partial charge in [-0.25, -0.2) is 17.6 Å². The van der Waals surface area contributed by atoms with Crippen LogP contribution in [-0.4, -0.2) is 32.3 Å². The van der Waals surface area contributed by atoms with Gasteiger partial charge in [0.05, 0.1) is 0 Å². The number of aliphatic imine (C=N–C) groups is 1. The van der Waals surface area contributed by atoms with E-state index in [1.165, 1.54) is 11.1 Å². The van der Waals surface area contributed by atoms with Crippen molar-refractivity contribution in [3.05, 3.63) is 114 Å². The molecule has 0 bridgehead atoms. The highest BCUT2D eigenvalue weighted by Crippen LogP contribution is 2.39. The maximum atomic E-state index is 13.0. The molecule has 2 rings (SSSR count). The Hall–Kier alpha value is -3.85. The zero-order chi connectivity index (χ0) is 35.7. The van der Waals surface area contributed by atoms with E-state index in [2.05, 4.69) is 53.8 Å². The molecule has 1 saturated carbocycles. The van der Waals surface area contributed by atoms with E-state index >= 15 is 0 Å². The number of benzene rings is 1. The molecule has 0 saturated heterocycles. The summed E-state index contributed by atoms with van der Waals surface area (Å²) in [7, 11) is 3.56. The Bertz CT molecular complexity index is 1190. The molecule has 0 aromatic heterocycles. The van der Waals surface area contributed by atoms with Crippen molar-refractivity contribution in [2.45, 2.75) is 85.6 Å². The Morgan fingerprint density at radius 2 is 1.63 bits per heavy atom. The maximum absolute atomic E-state index is 13.0. The minimum absolute atomic E-state index is 0.0238. The molecular weight excluding hydrogens is 590 g/mol. The molecule has 1 aromatic rings. The summed E-state index contributed by atoms with van der Waals surface area (Å²) in [5.74, 6) is -1.76. The van der Waals surface area contributed by atoms with E-state index in [-0.39, 0.29) is 12.8 Å². The van der Waals surface area contributed by atoms with Gasteiger partial charge in [-0.15, -0.1) is 0 Å². The third-order valence-electron chi connectivity index (χ3n) is 6.75. The van der Waals surface area contributed by atoms with Gasteiger partial charge in [0.25, 0.3) is 0 Å². The minimum Gasteiger partial charge on any atom is -0.405 e. The summed E-state index contributed by atoms with van der Waals surface area (Å²) < 4.78 is 46.7. The lowest BCUT2D eigenvalue weighted by atomic mass is 9.81. The lowest BCUT2D eigenvalue weighted by Crippen LogP contribution is -2.25. The van der Waals surface area contributed by atoms with Gasteiger partial charge in [0.2, 0.25) is 12.3 Å². The highest BCUT2D eigenvalue weighted by atomic mass is 19.3. The second kappa shape index (κ2) is 25.4. The predicted octanol–water partition coefficient (Wildman–Crippen LogP) is 9.23. The van der Waals surface area contributed by atoms with Crippen molar-refractivity contribution in [2.24, 2.45) is 28.1 Å². The van der Waals surface area contributed by atoms with Crippen LogP contribution in [0.15, 0.2) is 107 Å². The summed E-state index contributed by atoms with van der Waals surface area (Å²) in [4.78, 5) is 3.98. The van der Waals surface area contributed by atoms with Crippen molar-refractivity contribution >= 4 is 11.4 Å². The molecule has 258 valence electrons. The van der Waals surface area contributed by atoms with E-state index in [9.17, 15) is 17.6 Å². The highest BCUT2D eigenvalue weighted by Gasteiger charge is 2.35. The fourth-order valence-electron chi connectivity index (χ4n) is 4.23. The standard InChI is InChI=1S/C17H24N4.C14H20F2.C4H9N.C2H4F2/c1-5-14(10-16(12(2)18)17(19)21-4)15-8-6-13(7-9-15)11-20-3;1-4-11(3)10-12(5-2)13-6-8-14(15,16)9-7-13;1-2-3-4-5;1-2(3)4/h5-10,20H,2,11,18H2,1,3-4H3,(H2,19,21);4-5,10,13H,1,6-9H2,2-3H3;3-4H,2,5H2,1H3;2H,1H3/b14-5+,16-10+;11-10-,12-5+;;. The van der Waals surface area contributed by atoms with Crippen LogP contribution < -0.4 is 22.5 Å². The van der Waals surface area contributed by atoms with Gasteiger partial charge < -0.3 is 22.5 Å². The molecule has 1 aliphatic carbocycles. The van der Waals surface area contributed by atoms with Crippen LogP contribution in [0.2, 0.25) is 0 Å². The summed E-state index contributed by atoms with van der Waals surface area (Å²) in [6, 6.07) is 8.35. The van der Waals surface area contributed by atoms with Crippen molar-refractivity contribution in [3.8, 4) is 0 Å². The van der Waals surface area contributed by atoms with E-state index in [0.717, 1.165) is 36.6 Å². The lowest BCUT2D eigenvalue weighted by molar-refractivity contribution is -0.0418. The molecule has 0 amide bonds. The third-order valence-corrected chi connectivity index (χ3v) is 6.75. The normalized spacial score (nSPS) is 16.0. The van der Waals surface area contributed by atoms with Crippen LogP contribution in [0.5, 0.6) is 0 Å². The molecule has 9 heteroatoms. The number of rotatable bonds is 10. The molecule has 0 aliphatic heterocycles. The average Bonchev–Trinajstić information content (AvgIpc) is 3.01. The molecule has 1 aliphatic rings. The second-order valence-corrected chi connectivity index (χ2v) is 10.5. The zero-order valence-electron chi connectivity index (χ0n) is 28.9. The van der Waals surface area contributed by atoms with E-state index in [0.29, 0.717) is 35.9 Å². The monoisotopic (exact) mass is 647 g/mol. The van der Waals surface area contributed by atoms with Gasteiger partial charge in [0, 0.05) is 37.7 Å². The quantitative estimate of drug-likeness (QED) is 0.0880. The predicted molar refractivity (Wildman–Crippen MR) is 192 cm³/mol. The average molecular weight is 648 g/mol. The first-order valence-electron chi connectivity index (χ1n) is 15.4. The molecule has 0 unspecified atom stereocenters. The van der Waals surface area contributed by atoms with E-state index < -0.39 is 12.3 Å². The SMILES string of the molecule is C=C(N)/C(=C\C(=C/C)c1ccc(CNC)cc1)C(N)=NC.C=C/C(C)=C\C(=C/C)C1CCC(F)(F)CC1.CC(F)F.CCC=CN. The molecule has 0 radical (unpaired) electrons. The molecule has 7 N–H and O–H groups in total. The van der Waals surface area contributed by atoms with Crippen molar-refractivity contribution < 1.29 is 17.6 Å². The number of nitrogens with one attached hydrogen (secondary N) is 1. The van der Waals surface area contributed by atoms with Gasteiger partial charge in [-0.3, -0.25) is 4.99 Å². The topological polar surface area (TPSA) is 102 Å². The van der Waals surface area contributed by atoms with E-state index in [4.69, 9.17) is 17.2 Å². The van der Waals surface area contributed by atoms with Crippen LogP contribution in [0.25, 0.3) is 5.57 Å². The van der Waals surface area contributed by atoms with Gasteiger partial charge in [-0.1, -0.05) is 80.3 Å². The lowest BCUT2D eigenvalue weighted by Gasteiger charge is -2.29. The number of nitrogens with zero attached hydrogens (tertiary/aromatic N) is 1. The molecule has 0 atom stereocenters. The van der Waals surface area contributed by atoms with Crippen molar-refractivity contribution in [1.29, 1.82) is 0 Å². The maximum Gasteiger partial charge on any atom is 0.248 e. The summed E-state index contributed by atoms with van der Waals surface area (Å²) in [6.45, 7) is 17.1. The number of hydrogen-bond donors (Lipinski definition) is 4. The Balaban J connectivity index is 0. The minimum atomic E-state index is -2.44. The fraction of sp³-hybridized carbons (Fsp3) is 0.432. The van der Waals surface area contributed by atoms with Crippen LogP contribution in [0.1, 0.15) is 77.8 Å². The Labute approximate surface area is 275 Å². The van der Waals surface area contributed by atoms with Crippen LogP contribution >= 0.6 is 0 Å². The number of allylic oxidation sites excluding steroid dienone is 9. The van der Waals surface area contributed by atoms with Crippen molar-refractivity contribution in [3.63, 3.8) is 0 Å². The summed E-state index contributed by atoms with van der Waals surface area (Å²) >= 11 is 0. The number of amidine groups is 1. The van der Waals surface area contributed by atoms with Gasteiger partial charge in [-0.05, 0) is 94.5 Å². The Morgan fingerprint density at radius 1 is 1.09 bits per heavy atom. The zero-order valence-corrected chi connectivity index (χ0v) is 28.9. The number of alkyl halides is 4. The van der Waals surface area contributed by atoms with Crippen LogP contribution in [0.3, 0.4) is 0 Å². The van der Waals surface area contributed by atoms with Crippen LogP contribution in [-0.2, 0) is 6.54 Å².